The molecule has 0 bridgehead atoms. The molecule has 0 radical (unpaired) electrons. The Morgan fingerprint density at radius 3 is 1.41 bits per heavy atom. The van der Waals surface area contributed by atoms with Gasteiger partial charge in [0, 0.05) is 17.4 Å². The van der Waals surface area contributed by atoms with Crippen molar-refractivity contribution in [3.05, 3.63) is 125 Å². The number of benzene rings is 4. The highest BCUT2D eigenvalue weighted by Gasteiger charge is 2.26. The number of epoxide rings is 2. The van der Waals surface area contributed by atoms with Gasteiger partial charge in [-0.3, -0.25) is 0 Å². The molecule has 272 valence electrons. The minimum atomic E-state index is -0.676. The highest BCUT2D eigenvalue weighted by Crippen LogP contribution is 2.34. The Hall–Kier alpha value is -3.88. The van der Waals surface area contributed by atoms with E-state index in [0.29, 0.717) is 19.8 Å². The van der Waals surface area contributed by atoms with Gasteiger partial charge in [0.25, 0.3) is 0 Å². The normalized spacial score (nSPS) is 17.5. The van der Waals surface area contributed by atoms with Gasteiger partial charge in [0.2, 0.25) is 0 Å². The molecule has 2 aliphatic rings. The standard InChI is InChI=1S/C44H54O7/c1-43(2,34-15-21-39(22-16-34)48-28-41-30-50-41)33-11-9-32(10-12-33)8-6-5-7-25-46-26-37(45)27-47-38-19-13-35(14-20-38)44(3,4)36-17-23-40(24-18-36)49-29-42-31-51-42/h9-24,37,41-42,45H,5-8,25-31H2,1-4H3. The van der Waals surface area contributed by atoms with Crippen molar-refractivity contribution in [3.8, 4) is 17.2 Å². The van der Waals surface area contributed by atoms with Crippen LogP contribution in [-0.4, -0.2) is 69.7 Å². The van der Waals surface area contributed by atoms with Crippen molar-refractivity contribution in [1.29, 1.82) is 0 Å². The zero-order valence-electron chi connectivity index (χ0n) is 30.6. The van der Waals surface area contributed by atoms with Gasteiger partial charge in [0.15, 0.2) is 0 Å². The highest BCUT2D eigenvalue weighted by molar-refractivity contribution is 5.43. The Labute approximate surface area is 303 Å². The van der Waals surface area contributed by atoms with E-state index in [1.807, 2.05) is 24.3 Å². The first-order valence-electron chi connectivity index (χ1n) is 18.5. The third-order valence-corrected chi connectivity index (χ3v) is 10.1. The average Bonchev–Trinajstić information content (AvgIpc) is 4.09. The van der Waals surface area contributed by atoms with Gasteiger partial charge < -0.3 is 33.5 Å². The highest BCUT2D eigenvalue weighted by atomic mass is 16.6. The van der Waals surface area contributed by atoms with Crippen molar-refractivity contribution in [3.63, 3.8) is 0 Å². The fourth-order valence-electron chi connectivity index (χ4n) is 6.20. The first-order chi connectivity index (χ1) is 24.7. The number of unbranched alkanes of at least 4 members (excludes halogenated alkanes) is 2. The van der Waals surface area contributed by atoms with Gasteiger partial charge in [-0.2, -0.15) is 0 Å². The molecule has 1 N–H and O–H groups in total. The molecule has 4 aromatic carbocycles. The van der Waals surface area contributed by atoms with E-state index in [-0.39, 0.29) is 36.3 Å². The van der Waals surface area contributed by atoms with Gasteiger partial charge in [-0.15, -0.1) is 0 Å². The Morgan fingerprint density at radius 1 is 0.569 bits per heavy atom. The molecule has 0 aromatic heterocycles. The first-order valence-corrected chi connectivity index (χ1v) is 18.5. The Bertz CT molecular complexity index is 1620. The molecule has 2 fully saturated rings. The Morgan fingerprint density at radius 2 is 0.980 bits per heavy atom. The van der Waals surface area contributed by atoms with Gasteiger partial charge in [0.05, 0.1) is 19.8 Å². The van der Waals surface area contributed by atoms with Crippen LogP contribution in [0.1, 0.15) is 74.8 Å². The molecule has 2 heterocycles. The van der Waals surface area contributed by atoms with Crippen LogP contribution in [0.5, 0.6) is 17.2 Å². The zero-order valence-corrected chi connectivity index (χ0v) is 30.6. The van der Waals surface area contributed by atoms with Crippen LogP contribution >= 0.6 is 0 Å². The number of hydrogen-bond acceptors (Lipinski definition) is 7. The van der Waals surface area contributed by atoms with Gasteiger partial charge >= 0.3 is 0 Å². The molecular weight excluding hydrogens is 640 g/mol. The molecule has 51 heavy (non-hydrogen) atoms. The lowest BCUT2D eigenvalue weighted by atomic mass is 9.78. The van der Waals surface area contributed by atoms with E-state index in [9.17, 15) is 5.11 Å². The summed E-state index contributed by atoms with van der Waals surface area (Å²) >= 11 is 0. The van der Waals surface area contributed by atoms with Crippen molar-refractivity contribution >= 4 is 0 Å². The Kier molecular flexibility index (Phi) is 12.4. The van der Waals surface area contributed by atoms with Crippen LogP contribution in [0.25, 0.3) is 0 Å². The number of ether oxygens (including phenoxy) is 6. The molecule has 3 atom stereocenters. The minimum absolute atomic E-state index is 0.0960. The number of rotatable bonds is 21. The van der Waals surface area contributed by atoms with Crippen LogP contribution in [0.15, 0.2) is 97.1 Å². The lowest BCUT2D eigenvalue weighted by Crippen LogP contribution is -2.24. The van der Waals surface area contributed by atoms with Gasteiger partial charge in [-0.25, -0.2) is 0 Å². The molecule has 2 saturated heterocycles. The molecule has 0 saturated carbocycles. The first kappa shape index (κ1) is 36.9. The molecule has 7 nitrogen and oxygen atoms in total. The lowest BCUT2D eigenvalue weighted by molar-refractivity contribution is 0.0110. The van der Waals surface area contributed by atoms with Gasteiger partial charge in [-0.1, -0.05) is 94.8 Å². The van der Waals surface area contributed by atoms with Crippen LogP contribution in [0.4, 0.5) is 0 Å². The molecule has 2 aliphatic heterocycles. The predicted molar refractivity (Wildman–Crippen MR) is 200 cm³/mol. The third-order valence-electron chi connectivity index (χ3n) is 10.1. The molecule has 0 amide bonds. The van der Waals surface area contributed by atoms with E-state index in [1.165, 1.54) is 27.8 Å². The largest absolute Gasteiger partial charge is 0.491 e. The summed E-state index contributed by atoms with van der Waals surface area (Å²) in [5.74, 6) is 2.48. The quantitative estimate of drug-likeness (QED) is 0.0698. The molecule has 0 spiro atoms. The van der Waals surface area contributed by atoms with Crippen LogP contribution in [0, 0.1) is 0 Å². The van der Waals surface area contributed by atoms with Crippen molar-refractivity contribution in [2.45, 2.75) is 82.5 Å². The van der Waals surface area contributed by atoms with Crippen molar-refractivity contribution in [2.24, 2.45) is 0 Å². The summed E-state index contributed by atoms with van der Waals surface area (Å²) in [4.78, 5) is 0. The second-order valence-corrected chi connectivity index (χ2v) is 14.9. The summed E-state index contributed by atoms with van der Waals surface area (Å²) < 4.78 is 33.7. The van der Waals surface area contributed by atoms with E-state index in [2.05, 4.69) is 100 Å². The second-order valence-electron chi connectivity index (χ2n) is 14.9. The average molecular weight is 695 g/mol. The topological polar surface area (TPSA) is 82.2 Å². The van der Waals surface area contributed by atoms with Crippen LogP contribution in [0.3, 0.4) is 0 Å². The predicted octanol–water partition coefficient (Wildman–Crippen LogP) is 8.06. The lowest BCUT2D eigenvalue weighted by Gasteiger charge is -2.26. The maximum Gasteiger partial charge on any atom is 0.119 e. The van der Waals surface area contributed by atoms with E-state index in [4.69, 9.17) is 28.4 Å². The van der Waals surface area contributed by atoms with Gasteiger partial charge in [0.1, 0.15) is 55.4 Å². The minimum Gasteiger partial charge on any atom is -0.491 e. The van der Waals surface area contributed by atoms with Crippen LogP contribution in [0.2, 0.25) is 0 Å². The molecule has 4 aromatic rings. The number of aliphatic hydroxyl groups excluding tert-OH is 1. The maximum atomic E-state index is 10.4. The maximum absolute atomic E-state index is 10.4. The number of aliphatic hydroxyl groups is 1. The van der Waals surface area contributed by atoms with E-state index >= 15 is 0 Å². The summed E-state index contributed by atoms with van der Waals surface area (Å²) in [6, 6.07) is 33.9. The van der Waals surface area contributed by atoms with Crippen molar-refractivity contribution < 1.29 is 33.5 Å². The summed E-state index contributed by atoms with van der Waals surface area (Å²) in [6.07, 6.45) is 4.03. The second kappa shape index (κ2) is 17.1. The molecule has 6 rings (SSSR count). The van der Waals surface area contributed by atoms with E-state index in [0.717, 1.165) is 56.1 Å². The molecule has 7 heteroatoms. The van der Waals surface area contributed by atoms with Crippen LogP contribution < -0.4 is 14.2 Å². The fourth-order valence-corrected chi connectivity index (χ4v) is 6.20. The summed E-state index contributed by atoms with van der Waals surface area (Å²) in [6.45, 7) is 12.9. The van der Waals surface area contributed by atoms with E-state index < -0.39 is 6.10 Å². The third kappa shape index (κ3) is 10.8. The smallest absolute Gasteiger partial charge is 0.119 e. The summed E-state index contributed by atoms with van der Waals surface area (Å²) in [5.41, 5.74) is 6.03. The number of hydrogen-bond donors (Lipinski definition) is 1. The molecular formula is C44H54O7. The molecule has 3 unspecified atom stereocenters. The van der Waals surface area contributed by atoms with Gasteiger partial charge in [-0.05, 0) is 83.5 Å². The Balaban J connectivity index is 0.834. The molecule has 0 aliphatic carbocycles. The fraction of sp³-hybridized carbons (Fsp3) is 0.455. The van der Waals surface area contributed by atoms with Crippen molar-refractivity contribution in [2.75, 3.05) is 46.2 Å². The van der Waals surface area contributed by atoms with Crippen LogP contribution in [-0.2, 0) is 31.5 Å². The van der Waals surface area contributed by atoms with Crippen molar-refractivity contribution in [1.82, 2.24) is 0 Å². The zero-order chi connectivity index (χ0) is 35.7. The SMILES string of the molecule is CC(C)(c1ccc(CCCCCOCC(O)COc2ccc(C(C)(C)c3ccc(OCC4CO4)cc3)cc2)cc1)c1ccc(OCC2CO2)cc1. The summed E-state index contributed by atoms with van der Waals surface area (Å²) in [5, 5.41) is 10.4. The van der Waals surface area contributed by atoms with E-state index in [1.54, 1.807) is 0 Å². The summed E-state index contributed by atoms with van der Waals surface area (Å²) in [7, 11) is 0. The number of aryl methyl sites for hydroxylation is 1. The monoisotopic (exact) mass is 694 g/mol.